The minimum atomic E-state index is -3.84. The molecule has 3 aromatic rings. The van der Waals surface area contributed by atoms with Crippen LogP contribution in [0.5, 0.6) is 0 Å². The quantitative estimate of drug-likeness (QED) is 0.583. The zero-order chi connectivity index (χ0) is 22.0. The van der Waals surface area contributed by atoms with Crippen molar-refractivity contribution >= 4 is 38.6 Å². The minimum absolute atomic E-state index is 0.123. The van der Waals surface area contributed by atoms with Crippen molar-refractivity contribution in [2.24, 2.45) is 0 Å². The number of aryl methyl sites for hydroxylation is 1. The Labute approximate surface area is 186 Å². The lowest BCUT2D eigenvalue weighted by molar-refractivity contribution is -0.124. The Morgan fingerprint density at radius 1 is 1.26 bits per heavy atom. The van der Waals surface area contributed by atoms with Gasteiger partial charge in [0.2, 0.25) is 15.9 Å². The van der Waals surface area contributed by atoms with E-state index in [1.54, 1.807) is 28.9 Å². The van der Waals surface area contributed by atoms with Gasteiger partial charge in [0.1, 0.15) is 11.6 Å². The summed E-state index contributed by atoms with van der Waals surface area (Å²) in [5.74, 6) is -0.309. The molecule has 0 bridgehead atoms. The molecule has 1 aliphatic heterocycles. The van der Waals surface area contributed by atoms with Gasteiger partial charge >= 0.3 is 0 Å². The van der Waals surface area contributed by atoms with Crippen LogP contribution < -0.4 is 5.32 Å². The number of hydrogen-bond acceptors (Lipinski definition) is 5. The van der Waals surface area contributed by atoms with Crippen molar-refractivity contribution in [2.75, 3.05) is 6.54 Å². The molecule has 1 fully saturated rings. The van der Waals surface area contributed by atoms with E-state index in [1.807, 2.05) is 19.1 Å². The van der Waals surface area contributed by atoms with Crippen LogP contribution in [0.4, 0.5) is 0 Å². The van der Waals surface area contributed by atoms with Crippen LogP contribution in [0.25, 0.3) is 11.0 Å². The van der Waals surface area contributed by atoms with Crippen LogP contribution in [-0.2, 0) is 27.9 Å². The molecular formula is C21H24ClN5O3S. The maximum Gasteiger partial charge on any atom is 0.243 e. The minimum Gasteiger partial charge on any atom is -0.351 e. The van der Waals surface area contributed by atoms with Gasteiger partial charge in [-0.2, -0.15) is 4.31 Å². The second-order valence-electron chi connectivity index (χ2n) is 7.58. The largest absolute Gasteiger partial charge is 0.351 e. The summed E-state index contributed by atoms with van der Waals surface area (Å²) in [5, 5.41) is 11.6. The molecule has 1 aromatic heterocycles. The first kappa shape index (κ1) is 21.7. The second-order valence-corrected chi connectivity index (χ2v) is 9.91. The number of amides is 1. The van der Waals surface area contributed by atoms with Crippen LogP contribution >= 0.6 is 11.6 Å². The Bertz CT molecular complexity index is 1210. The number of nitrogens with one attached hydrogen (secondary N) is 1. The summed E-state index contributed by atoms with van der Waals surface area (Å²) in [6, 6.07) is 11.3. The summed E-state index contributed by atoms with van der Waals surface area (Å²) >= 11 is 5.99. The highest BCUT2D eigenvalue weighted by Crippen LogP contribution is 2.28. The number of carbonyl (C=O) groups excluding carboxylic acids is 1. The molecule has 10 heteroatoms. The smallest absolute Gasteiger partial charge is 0.243 e. The highest BCUT2D eigenvalue weighted by Gasteiger charge is 2.39. The first-order valence-corrected chi connectivity index (χ1v) is 12.1. The van der Waals surface area contributed by atoms with E-state index in [-0.39, 0.29) is 17.3 Å². The molecule has 31 heavy (non-hydrogen) atoms. The molecule has 2 heterocycles. The monoisotopic (exact) mass is 461 g/mol. The van der Waals surface area contributed by atoms with E-state index in [1.165, 1.54) is 10.4 Å². The molecule has 0 unspecified atom stereocenters. The molecule has 1 atom stereocenters. The van der Waals surface area contributed by atoms with Crippen molar-refractivity contribution in [1.82, 2.24) is 24.6 Å². The van der Waals surface area contributed by atoms with Crippen molar-refractivity contribution in [3.05, 3.63) is 53.1 Å². The molecule has 0 radical (unpaired) electrons. The number of halogens is 1. The SMILES string of the molecule is CCCn1nnc2cc(S(=O)(=O)N3CCC[C@@H]3C(=O)NCc3cccc(Cl)c3)ccc21. The molecule has 1 amide bonds. The Morgan fingerprint density at radius 3 is 2.87 bits per heavy atom. The topological polar surface area (TPSA) is 97.2 Å². The molecule has 0 spiro atoms. The van der Waals surface area contributed by atoms with Crippen molar-refractivity contribution in [3.8, 4) is 0 Å². The number of carbonyl (C=O) groups is 1. The van der Waals surface area contributed by atoms with Crippen LogP contribution in [-0.4, -0.2) is 46.2 Å². The zero-order valence-corrected chi connectivity index (χ0v) is 18.7. The molecule has 8 nitrogen and oxygen atoms in total. The Morgan fingerprint density at radius 2 is 2.10 bits per heavy atom. The number of rotatable bonds is 7. The Kier molecular flexibility index (Phi) is 6.27. The third-order valence-corrected chi connectivity index (χ3v) is 7.53. The summed E-state index contributed by atoms with van der Waals surface area (Å²) in [6.45, 7) is 3.34. The predicted octanol–water partition coefficient (Wildman–Crippen LogP) is 2.96. The predicted molar refractivity (Wildman–Crippen MR) is 118 cm³/mol. The van der Waals surface area contributed by atoms with Gasteiger partial charge in [0.15, 0.2) is 0 Å². The highest BCUT2D eigenvalue weighted by atomic mass is 35.5. The number of aromatic nitrogens is 3. The average Bonchev–Trinajstić information content (AvgIpc) is 3.40. The van der Waals surface area contributed by atoms with E-state index >= 15 is 0 Å². The number of fused-ring (bicyclic) bond motifs is 1. The molecule has 2 aromatic carbocycles. The van der Waals surface area contributed by atoms with Crippen molar-refractivity contribution in [2.45, 2.75) is 50.2 Å². The van der Waals surface area contributed by atoms with Gasteiger partial charge in [0.25, 0.3) is 0 Å². The van der Waals surface area contributed by atoms with Crippen molar-refractivity contribution in [1.29, 1.82) is 0 Å². The van der Waals surface area contributed by atoms with Gasteiger partial charge in [-0.25, -0.2) is 13.1 Å². The van der Waals surface area contributed by atoms with Crippen LogP contribution in [0.2, 0.25) is 5.02 Å². The molecule has 0 saturated carbocycles. The fraction of sp³-hybridized carbons (Fsp3) is 0.381. The van der Waals surface area contributed by atoms with Gasteiger partial charge in [-0.1, -0.05) is 35.9 Å². The molecular weight excluding hydrogens is 438 g/mol. The normalized spacial score (nSPS) is 17.3. The highest BCUT2D eigenvalue weighted by molar-refractivity contribution is 7.89. The lowest BCUT2D eigenvalue weighted by Gasteiger charge is -2.23. The van der Waals surface area contributed by atoms with Crippen LogP contribution in [0, 0.1) is 0 Å². The van der Waals surface area contributed by atoms with Crippen LogP contribution in [0.3, 0.4) is 0 Å². The Balaban J connectivity index is 1.52. The summed E-state index contributed by atoms with van der Waals surface area (Å²) in [5.41, 5.74) is 2.17. The summed E-state index contributed by atoms with van der Waals surface area (Å²) in [6.07, 6.45) is 2.01. The van der Waals surface area contributed by atoms with Crippen LogP contribution in [0.1, 0.15) is 31.7 Å². The maximum absolute atomic E-state index is 13.3. The van der Waals surface area contributed by atoms with Gasteiger partial charge in [0.05, 0.1) is 10.4 Å². The maximum atomic E-state index is 13.3. The van der Waals surface area contributed by atoms with E-state index in [0.29, 0.717) is 36.5 Å². The Hall–Kier alpha value is -2.49. The molecule has 1 N–H and O–H groups in total. The third-order valence-electron chi connectivity index (χ3n) is 5.39. The third kappa shape index (κ3) is 4.44. The average molecular weight is 462 g/mol. The van der Waals surface area contributed by atoms with E-state index in [2.05, 4.69) is 15.6 Å². The summed E-state index contributed by atoms with van der Waals surface area (Å²) in [7, 11) is -3.84. The molecule has 4 rings (SSSR count). The molecule has 164 valence electrons. The van der Waals surface area contributed by atoms with E-state index < -0.39 is 16.1 Å². The van der Waals surface area contributed by atoms with Gasteiger partial charge in [-0.3, -0.25) is 4.79 Å². The number of nitrogens with zero attached hydrogens (tertiary/aromatic N) is 4. The first-order valence-electron chi connectivity index (χ1n) is 10.3. The summed E-state index contributed by atoms with van der Waals surface area (Å²) < 4.78 is 29.7. The van der Waals surface area contributed by atoms with Crippen molar-refractivity contribution < 1.29 is 13.2 Å². The number of benzene rings is 2. The molecule has 1 aliphatic rings. The lowest BCUT2D eigenvalue weighted by Crippen LogP contribution is -2.45. The molecule has 1 saturated heterocycles. The first-order chi connectivity index (χ1) is 14.9. The summed E-state index contributed by atoms with van der Waals surface area (Å²) in [4.78, 5) is 12.9. The van der Waals surface area contributed by atoms with Crippen molar-refractivity contribution in [3.63, 3.8) is 0 Å². The number of hydrogen-bond donors (Lipinski definition) is 1. The lowest BCUT2D eigenvalue weighted by atomic mass is 10.2. The van der Waals surface area contributed by atoms with E-state index in [4.69, 9.17) is 11.6 Å². The van der Waals surface area contributed by atoms with Gasteiger partial charge < -0.3 is 5.32 Å². The van der Waals surface area contributed by atoms with Gasteiger partial charge in [-0.05, 0) is 55.2 Å². The fourth-order valence-electron chi connectivity index (χ4n) is 3.87. The van der Waals surface area contributed by atoms with Gasteiger partial charge in [-0.15, -0.1) is 5.10 Å². The second kappa shape index (κ2) is 8.94. The standard InChI is InChI=1S/C21H24ClN5O3S/c1-2-10-26-19-9-8-17(13-18(19)24-25-26)31(29,30)27-11-4-7-20(27)21(28)23-14-15-5-3-6-16(22)12-15/h3,5-6,8-9,12-13,20H,2,4,7,10-11,14H2,1H3,(H,23,28)/t20-/m1/s1. The molecule has 0 aliphatic carbocycles. The zero-order valence-electron chi connectivity index (χ0n) is 17.2. The number of sulfonamides is 1. The fourth-order valence-corrected chi connectivity index (χ4v) is 5.76. The van der Waals surface area contributed by atoms with E-state index in [0.717, 1.165) is 17.5 Å². The van der Waals surface area contributed by atoms with Gasteiger partial charge in [0, 0.05) is 24.7 Å². The van der Waals surface area contributed by atoms with Crippen LogP contribution in [0.15, 0.2) is 47.4 Å². The van der Waals surface area contributed by atoms with E-state index in [9.17, 15) is 13.2 Å².